The maximum absolute atomic E-state index is 13.2. The van der Waals surface area contributed by atoms with Crippen LogP contribution in [0.2, 0.25) is 0 Å². The Kier molecular flexibility index (Phi) is 6.34. The molecule has 0 bridgehead atoms. The highest BCUT2D eigenvalue weighted by Crippen LogP contribution is 2.37. The number of esters is 1. The van der Waals surface area contributed by atoms with Gasteiger partial charge in [-0.25, -0.2) is 14.8 Å². The van der Waals surface area contributed by atoms with Gasteiger partial charge < -0.3 is 14.5 Å². The lowest BCUT2D eigenvalue weighted by Gasteiger charge is -2.36. The average Bonchev–Trinajstić information content (AvgIpc) is 2.93. The number of rotatable bonds is 5. The molecule has 8 heteroatoms. The van der Waals surface area contributed by atoms with E-state index in [1.165, 1.54) is 7.11 Å². The summed E-state index contributed by atoms with van der Waals surface area (Å²) in [4.78, 5) is 26.2. The maximum Gasteiger partial charge on any atom is 0.342 e. The first-order valence-electron chi connectivity index (χ1n) is 11.5. The molecule has 0 N–H and O–H groups in total. The highest BCUT2D eigenvalue weighted by Gasteiger charge is 2.30. The van der Waals surface area contributed by atoms with Gasteiger partial charge in [-0.05, 0) is 12.5 Å². The number of ether oxygens (including phenoxy) is 1. The molecule has 0 radical (unpaired) electrons. The van der Waals surface area contributed by atoms with Crippen molar-refractivity contribution in [1.29, 1.82) is 0 Å². The number of aromatic nitrogens is 4. The molecule has 4 aromatic rings. The third-order valence-corrected chi connectivity index (χ3v) is 6.15. The van der Waals surface area contributed by atoms with Gasteiger partial charge in [0.15, 0.2) is 5.82 Å². The van der Waals surface area contributed by atoms with Gasteiger partial charge in [-0.2, -0.15) is 0 Å². The minimum Gasteiger partial charge on any atom is -0.465 e. The third-order valence-electron chi connectivity index (χ3n) is 6.15. The second-order valence-electron chi connectivity index (χ2n) is 8.34. The summed E-state index contributed by atoms with van der Waals surface area (Å²) in [6.07, 6.45) is 1.59. The summed E-state index contributed by atoms with van der Waals surface area (Å²) < 4.78 is 5.26. The van der Waals surface area contributed by atoms with E-state index < -0.39 is 5.97 Å². The van der Waals surface area contributed by atoms with Crippen LogP contribution in [0.4, 0.5) is 11.6 Å². The summed E-state index contributed by atoms with van der Waals surface area (Å²) in [6.45, 7) is 4.76. The minimum atomic E-state index is -0.431. The first kappa shape index (κ1) is 22.5. The van der Waals surface area contributed by atoms with Gasteiger partial charge in [-0.3, -0.25) is 0 Å². The summed E-state index contributed by atoms with van der Waals surface area (Å²) in [5, 5.41) is 9.21. The number of carbonyl (C=O) groups excluding carboxylic acids is 1. The SMILES string of the molecule is COC(=O)c1c(N2CCN(c3cc(C)ncn3)CC2)nnc(-c2ccccc2)c1-c1ccccc1. The molecule has 1 aliphatic heterocycles. The van der Waals surface area contributed by atoms with Crippen LogP contribution in [0, 0.1) is 6.92 Å². The van der Waals surface area contributed by atoms with Crippen molar-refractivity contribution in [2.24, 2.45) is 0 Å². The standard InChI is InChI=1S/C27H26N6O2/c1-19-17-22(29-18-28-19)32-13-15-33(16-14-32)26-24(27(34)35-2)23(20-9-5-3-6-10-20)25(30-31-26)21-11-7-4-8-12-21/h3-12,17-18H,13-16H2,1-2H3. The molecule has 3 heterocycles. The van der Waals surface area contributed by atoms with Crippen molar-refractivity contribution in [2.75, 3.05) is 43.1 Å². The lowest BCUT2D eigenvalue weighted by Crippen LogP contribution is -2.47. The fourth-order valence-corrected chi connectivity index (χ4v) is 4.39. The molecule has 1 fully saturated rings. The molecule has 2 aromatic heterocycles. The third kappa shape index (κ3) is 4.55. The van der Waals surface area contributed by atoms with Crippen LogP contribution in [0.15, 0.2) is 73.1 Å². The lowest BCUT2D eigenvalue weighted by atomic mass is 9.94. The van der Waals surface area contributed by atoms with Crippen molar-refractivity contribution in [3.63, 3.8) is 0 Å². The molecule has 0 aliphatic carbocycles. The summed E-state index contributed by atoms with van der Waals surface area (Å²) in [5.74, 6) is 1.01. The van der Waals surface area contributed by atoms with Crippen molar-refractivity contribution in [2.45, 2.75) is 6.92 Å². The summed E-state index contributed by atoms with van der Waals surface area (Å²) in [5.41, 5.74) is 4.51. The summed E-state index contributed by atoms with van der Waals surface area (Å²) in [7, 11) is 1.40. The Bertz CT molecular complexity index is 1320. The molecule has 5 rings (SSSR count). The van der Waals surface area contributed by atoms with Crippen molar-refractivity contribution in [3.8, 4) is 22.4 Å². The van der Waals surface area contributed by atoms with Crippen molar-refractivity contribution in [3.05, 3.63) is 84.3 Å². The normalized spacial score (nSPS) is 13.5. The Balaban J connectivity index is 1.58. The fourth-order valence-electron chi connectivity index (χ4n) is 4.39. The zero-order valence-corrected chi connectivity index (χ0v) is 19.8. The van der Waals surface area contributed by atoms with Crippen LogP contribution >= 0.6 is 0 Å². The molecule has 35 heavy (non-hydrogen) atoms. The predicted molar refractivity (Wildman–Crippen MR) is 135 cm³/mol. The van der Waals surface area contributed by atoms with E-state index >= 15 is 0 Å². The molecule has 0 spiro atoms. The van der Waals surface area contributed by atoms with Gasteiger partial charge in [0.1, 0.15) is 23.4 Å². The average molecular weight is 467 g/mol. The topological polar surface area (TPSA) is 84.3 Å². The van der Waals surface area contributed by atoms with E-state index in [1.54, 1.807) is 6.33 Å². The van der Waals surface area contributed by atoms with E-state index in [1.807, 2.05) is 73.7 Å². The number of nitrogens with zero attached hydrogens (tertiary/aromatic N) is 6. The maximum atomic E-state index is 13.2. The Morgan fingerprint density at radius 3 is 2.09 bits per heavy atom. The number of carbonyl (C=O) groups is 1. The zero-order valence-electron chi connectivity index (χ0n) is 19.8. The molecule has 0 saturated carbocycles. The van der Waals surface area contributed by atoms with Crippen LogP contribution in [0.5, 0.6) is 0 Å². The zero-order chi connectivity index (χ0) is 24.2. The van der Waals surface area contributed by atoms with Crippen molar-refractivity contribution in [1.82, 2.24) is 20.2 Å². The number of anilines is 2. The highest BCUT2D eigenvalue weighted by molar-refractivity contribution is 6.05. The van der Waals surface area contributed by atoms with Crippen LogP contribution in [0.1, 0.15) is 16.1 Å². The largest absolute Gasteiger partial charge is 0.465 e. The number of methoxy groups -OCH3 is 1. The molecule has 2 aromatic carbocycles. The van der Waals surface area contributed by atoms with Crippen LogP contribution in [-0.4, -0.2) is 59.4 Å². The van der Waals surface area contributed by atoms with Gasteiger partial charge in [0, 0.05) is 49.1 Å². The molecular formula is C27H26N6O2. The van der Waals surface area contributed by atoms with E-state index in [4.69, 9.17) is 4.74 Å². The number of hydrogen-bond acceptors (Lipinski definition) is 8. The van der Waals surface area contributed by atoms with E-state index in [0.29, 0.717) is 30.2 Å². The van der Waals surface area contributed by atoms with E-state index in [9.17, 15) is 4.79 Å². The molecule has 176 valence electrons. The van der Waals surface area contributed by atoms with Crippen LogP contribution in [0.3, 0.4) is 0 Å². The fraction of sp³-hybridized carbons (Fsp3) is 0.222. The quantitative estimate of drug-likeness (QED) is 0.408. The molecule has 8 nitrogen and oxygen atoms in total. The van der Waals surface area contributed by atoms with Gasteiger partial charge in [-0.1, -0.05) is 60.7 Å². The van der Waals surface area contributed by atoms with Crippen LogP contribution in [0.25, 0.3) is 22.4 Å². The Morgan fingerprint density at radius 1 is 0.829 bits per heavy atom. The number of hydrogen-bond donors (Lipinski definition) is 0. The number of piperazine rings is 1. The van der Waals surface area contributed by atoms with Crippen molar-refractivity contribution < 1.29 is 9.53 Å². The van der Waals surface area contributed by atoms with E-state index in [0.717, 1.165) is 41.3 Å². The Morgan fingerprint density at radius 2 is 1.46 bits per heavy atom. The van der Waals surface area contributed by atoms with Gasteiger partial charge in [0.05, 0.1) is 7.11 Å². The molecule has 0 unspecified atom stereocenters. The monoisotopic (exact) mass is 466 g/mol. The number of aryl methyl sites for hydroxylation is 1. The van der Waals surface area contributed by atoms with Crippen LogP contribution in [-0.2, 0) is 4.74 Å². The van der Waals surface area contributed by atoms with Gasteiger partial charge >= 0.3 is 5.97 Å². The van der Waals surface area contributed by atoms with E-state index in [-0.39, 0.29) is 0 Å². The Hall–Kier alpha value is -4.33. The minimum absolute atomic E-state index is 0.430. The molecule has 0 atom stereocenters. The molecule has 1 aliphatic rings. The lowest BCUT2D eigenvalue weighted by molar-refractivity contribution is 0.0601. The molecule has 0 amide bonds. The highest BCUT2D eigenvalue weighted by atomic mass is 16.5. The smallest absolute Gasteiger partial charge is 0.342 e. The number of benzene rings is 2. The van der Waals surface area contributed by atoms with Gasteiger partial charge in [-0.15, -0.1) is 10.2 Å². The summed E-state index contributed by atoms with van der Waals surface area (Å²) in [6, 6.07) is 21.6. The van der Waals surface area contributed by atoms with Gasteiger partial charge in [0.2, 0.25) is 0 Å². The predicted octanol–water partition coefficient (Wildman–Crippen LogP) is 4.02. The molecule has 1 saturated heterocycles. The summed E-state index contributed by atoms with van der Waals surface area (Å²) >= 11 is 0. The second kappa shape index (κ2) is 9.89. The van der Waals surface area contributed by atoms with Gasteiger partial charge in [0.25, 0.3) is 0 Å². The first-order valence-corrected chi connectivity index (χ1v) is 11.5. The second-order valence-corrected chi connectivity index (χ2v) is 8.34. The van der Waals surface area contributed by atoms with Crippen molar-refractivity contribution >= 4 is 17.6 Å². The van der Waals surface area contributed by atoms with E-state index in [2.05, 4.69) is 30.0 Å². The Labute approximate surface area is 204 Å². The first-order chi connectivity index (χ1) is 17.2. The molecular weight excluding hydrogens is 440 g/mol. The van der Waals surface area contributed by atoms with Crippen LogP contribution < -0.4 is 9.80 Å².